The van der Waals surface area contributed by atoms with Crippen LogP contribution in [-0.2, 0) is 5.88 Å². The van der Waals surface area contributed by atoms with E-state index in [1.165, 1.54) is 44.5 Å². The third-order valence-corrected chi connectivity index (χ3v) is 5.26. The second kappa shape index (κ2) is 6.55. The maximum absolute atomic E-state index is 6.27. The van der Waals surface area contributed by atoms with Gasteiger partial charge in [0, 0.05) is 35.4 Å². The highest BCUT2D eigenvalue weighted by Gasteiger charge is 2.29. The molecule has 3 rings (SSSR count). The van der Waals surface area contributed by atoms with Gasteiger partial charge < -0.3 is 4.90 Å². The number of alkyl halides is 1. The summed E-state index contributed by atoms with van der Waals surface area (Å²) < 4.78 is 0. The molecule has 0 aliphatic carbocycles. The molecule has 1 aromatic carbocycles. The van der Waals surface area contributed by atoms with E-state index in [2.05, 4.69) is 15.9 Å². The molecule has 110 valence electrons. The lowest BCUT2D eigenvalue weighted by Crippen LogP contribution is -2.40. The number of nitrogens with zero attached hydrogens (tertiary/aromatic N) is 2. The Morgan fingerprint density at radius 2 is 1.90 bits per heavy atom. The first-order valence-corrected chi connectivity index (χ1v) is 8.53. The average molecular weight is 313 g/mol. The van der Waals surface area contributed by atoms with E-state index in [1.54, 1.807) is 0 Å². The molecule has 0 spiro atoms. The van der Waals surface area contributed by atoms with Crippen LogP contribution in [0.4, 0.5) is 5.69 Å². The summed E-state index contributed by atoms with van der Waals surface area (Å²) in [6.45, 7) is 4.78. The van der Waals surface area contributed by atoms with Gasteiger partial charge in [0.05, 0.1) is 5.88 Å². The summed E-state index contributed by atoms with van der Waals surface area (Å²) >= 11 is 12.4. The zero-order chi connectivity index (χ0) is 13.9. The van der Waals surface area contributed by atoms with Crippen LogP contribution in [0.25, 0.3) is 0 Å². The van der Waals surface area contributed by atoms with Crippen LogP contribution in [0.5, 0.6) is 0 Å². The molecular weight excluding hydrogens is 291 g/mol. The fourth-order valence-corrected chi connectivity index (χ4v) is 4.10. The van der Waals surface area contributed by atoms with Crippen molar-refractivity contribution in [1.29, 1.82) is 0 Å². The Hall–Kier alpha value is -0.440. The number of halogens is 2. The van der Waals surface area contributed by atoms with E-state index in [4.69, 9.17) is 23.2 Å². The highest BCUT2D eigenvalue weighted by Crippen LogP contribution is 2.32. The number of rotatable bonds is 3. The Kier molecular flexibility index (Phi) is 4.75. The molecule has 1 atom stereocenters. The van der Waals surface area contributed by atoms with Gasteiger partial charge in [-0.25, -0.2) is 0 Å². The standard InChI is InChI=1S/C16H22Cl2N2/c17-11-14-15(18)5-4-6-16(14)20-10-7-13(12-20)19-8-2-1-3-9-19/h4-6,13H,1-3,7-12H2. The fourth-order valence-electron chi connectivity index (χ4n) is 3.52. The van der Waals surface area contributed by atoms with E-state index in [0.717, 1.165) is 23.7 Å². The van der Waals surface area contributed by atoms with Crippen molar-refractivity contribution < 1.29 is 0 Å². The van der Waals surface area contributed by atoms with E-state index in [0.29, 0.717) is 11.9 Å². The summed E-state index contributed by atoms with van der Waals surface area (Å²) in [5.41, 5.74) is 2.31. The number of likely N-dealkylation sites (tertiary alicyclic amines) is 1. The predicted octanol–water partition coefficient (Wildman–Crippen LogP) is 4.14. The summed E-state index contributed by atoms with van der Waals surface area (Å²) in [6, 6.07) is 6.82. The van der Waals surface area contributed by atoms with E-state index in [-0.39, 0.29) is 0 Å². The summed E-state index contributed by atoms with van der Waals surface area (Å²) in [5, 5.41) is 0.791. The molecule has 20 heavy (non-hydrogen) atoms. The van der Waals surface area contributed by atoms with Crippen LogP contribution < -0.4 is 4.90 Å². The molecule has 0 radical (unpaired) electrons. The maximum atomic E-state index is 6.27. The number of hydrogen-bond donors (Lipinski definition) is 0. The number of piperidine rings is 1. The van der Waals surface area contributed by atoms with Gasteiger partial charge in [-0.1, -0.05) is 24.1 Å². The molecule has 2 nitrogen and oxygen atoms in total. The number of anilines is 1. The van der Waals surface area contributed by atoms with Crippen LogP contribution in [-0.4, -0.2) is 37.1 Å². The highest BCUT2D eigenvalue weighted by molar-refractivity contribution is 6.32. The van der Waals surface area contributed by atoms with Crippen molar-refractivity contribution in [3.05, 3.63) is 28.8 Å². The van der Waals surface area contributed by atoms with Crippen molar-refractivity contribution >= 4 is 28.9 Å². The summed E-state index contributed by atoms with van der Waals surface area (Å²) in [4.78, 5) is 5.14. The van der Waals surface area contributed by atoms with E-state index in [9.17, 15) is 0 Å². The molecule has 2 saturated heterocycles. The first-order valence-electron chi connectivity index (χ1n) is 7.62. The molecule has 2 aliphatic rings. The monoisotopic (exact) mass is 312 g/mol. The minimum absolute atomic E-state index is 0.486. The summed E-state index contributed by atoms with van der Waals surface area (Å²) in [6.07, 6.45) is 5.38. The largest absolute Gasteiger partial charge is 0.370 e. The molecule has 0 saturated carbocycles. The number of benzene rings is 1. The van der Waals surface area contributed by atoms with Gasteiger partial charge in [-0.15, -0.1) is 11.6 Å². The Balaban J connectivity index is 1.72. The maximum Gasteiger partial charge on any atom is 0.0509 e. The first-order chi connectivity index (χ1) is 9.79. The highest BCUT2D eigenvalue weighted by atomic mass is 35.5. The average Bonchev–Trinajstić information content (AvgIpc) is 2.97. The third-order valence-electron chi connectivity index (χ3n) is 4.64. The first kappa shape index (κ1) is 14.5. The predicted molar refractivity (Wildman–Crippen MR) is 87.1 cm³/mol. The Morgan fingerprint density at radius 3 is 2.65 bits per heavy atom. The quantitative estimate of drug-likeness (QED) is 0.774. The Bertz CT molecular complexity index is 458. The molecular formula is C16H22Cl2N2. The van der Waals surface area contributed by atoms with Gasteiger partial charge in [0.15, 0.2) is 0 Å². The van der Waals surface area contributed by atoms with Crippen LogP contribution in [0.3, 0.4) is 0 Å². The van der Waals surface area contributed by atoms with Gasteiger partial charge >= 0.3 is 0 Å². The lowest BCUT2D eigenvalue weighted by Gasteiger charge is -2.32. The number of hydrogen-bond acceptors (Lipinski definition) is 2. The van der Waals surface area contributed by atoms with Crippen LogP contribution >= 0.6 is 23.2 Å². The Morgan fingerprint density at radius 1 is 1.10 bits per heavy atom. The third kappa shape index (κ3) is 2.93. The zero-order valence-corrected chi connectivity index (χ0v) is 13.3. The van der Waals surface area contributed by atoms with Gasteiger partial charge in [0.25, 0.3) is 0 Å². The molecule has 4 heteroatoms. The van der Waals surface area contributed by atoms with Crippen molar-refractivity contribution in [2.24, 2.45) is 0 Å². The lowest BCUT2D eigenvalue weighted by atomic mass is 10.1. The molecule has 0 bridgehead atoms. The SMILES string of the molecule is ClCc1c(Cl)cccc1N1CCC(N2CCCCC2)C1. The van der Waals surface area contributed by atoms with Crippen molar-refractivity contribution in [2.45, 2.75) is 37.6 Å². The van der Waals surface area contributed by atoms with Gasteiger partial charge in [0.2, 0.25) is 0 Å². The molecule has 2 fully saturated rings. The second-order valence-electron chi connectivity index (χ2n) is 5.86. The normalized spacial score (nSPS) is 24.3. The minimum atomic E-state index is 0.486. The van der Waals surface area contributed by atoms with Crippen LogP contribution in [0, 0.1) is 0 Å². The smallest absolute Gasteiger partial charge is 0.0509 e. The van der Waals surface area contributed by atoms with Gasteiger partial charge in [-0.05, 0) is 44.5 Å². The molecule has 2 aliphatic heterocycles. The molecule has 2 heterocycles. The summed E-state index contributed by atoms with van der Waals surface area (Å²) in [7, 11) is 0. The molecule has 1 unspecified atom stereocenters. The lowest BCUT2D eigenvalue weighted by molar-refractivity contribution is 0.175. The Labute approximate surface area is 131 Å². The van der Waals surface area contributed by atoms with Gasteiger partial charge in [-0.3, -0.25) is 4.90 Å². The van der Waals surface area contributed by atoms with E-state index in [1.807, 2.05) is 12.1 Å². The topological polar surface area (TPSA) is 6.48 Å². The summed E-state index contributed by atoms with van der Waals surface area (Å²) in [5.74, 6) is 0.486. The molecule has 1 aromatic rings. The van der Waals surface area contributed by atoms with Crippen molar-refractivity contribution in [3.63, 3.8) is 0 Å². The van der Waals surface area contributed by atoms with Gasteiger partial charge in [-0.2, -0.15) is 0 Å². The van der Waals surface area contributed by atoms with E-state index >= 15 is 0 Å². The molecule has 0 N–H and O–H groups in total. The van der Waals surface area contributed by atoms with Gasteiger partial charge in [0.1, 0.15) is 0 Å². The second-order valence-corrected chi connectivity index (χ2v) is 6.53. The fraction of sp³-hybridized carbons (Fsp3) is 0.625. The van der Waals surface area contributed by atoms with Crippen molar-refractivity contribution in [3.8, 4) is 0 Å². The van der Waals surface area contributed by atoms with Crippen molar-refractivity contribution in [1.82, 2.24) is 4.90 Å². The zero-order valence-electron chi connectivity index (χ0n) is 11.8. The minimum Gasteiger partial charge on any atom is -0.370 e. The van der Waals surface area contributed by atoms with Crippen LogP contribution in [0.2, 0.25) is 5.02 Å². The van der Waals surface area contributed by atoms with Crippen LogP contribution in [0.15, 0.2) is 18.2 Å². The van der Waals surface area contributed by atoms with Crippen LogP contribution in [0.1, 0.15) is 31.2 Å². The molecule has 0 aromatic heterocycles. The van der Waals surface area contributed by atoms with E-state index < -0.39 is 0 Å². The molecule has 0 amide bonds. The van der Waals surface area contributed by atoms with Crippen molar-refractivity contribution in [2.75, 3.05) is 31.1 Å².